The minimum absolute atomic E-state index is 0. The third-order valence-corrected chi connectivity index (χ3v) is 26.1. The zero-order chi connectivity index (χ0) is 87.1. The van der Waals surface area contributed by atoms with Crippen molar-refractivity contribution in [2.45, 2.75) is 0 Å². The van der Waals surface area contributed by atoms with Gasteiger partial charge < -0.3 is 55.2 Å². The fraction of sp³-hybridized carbons (Fsp3) is 0. The molecule has 0 unspecified atom stereocenters. The second kappa shape index (κ2) is 36.2. The van der Waals surface area contributed by atoms with Gasteiger partial charge in [-0.1, -0.05) is 89.0 Å². The van der Waals surface area contributed by atoms with Gasteiger partial charge in [-0.25, -0.2) is 29.9 Å². The zero-order valence-corrected chi connectivity index (χ0v) is 79.0. The molecular formula is C108H57N15O6Pt3S3. The first-order valence-electron chi connectivity index (χ1n) is 41.8. The second-order valence-corrected chi connectivity index (χ2v) is 33.8. The first-order valence-corrected chi connectivity index (χ1v) is 44.3. The molecular weight excluding hydrogens is 2280 g/mol. The van der Waals surface area contributed by atoms with Gasteiger partial charge in [-0.15, -0.1) is 149 Å². The Morgan fingerprint density at radius 1 is 0.252 bits per heavy atom. The maximum absolute atomic E-state index is 5.86. The average Bonchev–Trinajstić information content (AvgIpc) is 1.61. The van der Waals surface area contributed by atoms with Crippen molar-refractivity contribution in [1.29, 1.82) is 0 Å². The van der Waals surface area contributed by atoms with Gasteiger partial charge in [0.15, 0.2) is 11.8 Å². The number of thiazole rings is 3. The van der Waals surface area contributed by atoms with E-state index in [9.17, 15) is 0 Å². The van der Waals surface area contributed by atoms with Crippen molar-refractivity contribution in [2.24, 2.45) is 0 Å². The van der Waals surface area contributed by atoms with Crippen molar-refractivity contribution in [3.63, 3.8) is 0 Å². The van der Waals surface area contributed by atoms with Gasteiger partial charge in [0.25, 0.3) is 0 Å². The van der Waals surface area contributed by atoms with Crippen molar-refractivity contribution >= 4 is 130 Å². The summed E-state index contributed by atoms with van der Waals surface area (Å²) in [5.41, 5.74) is 23.9. The molecule has 0 saturated heterocycles. The van der Waals surface area contributed by atoms with Crippen molar-refractivity contribution in [3.8, 4) is 151 Å². The summed E-state index contributed by atoms with van der Waals surface area (Å²) in [6.45, 7) is 0. The van der Waals surface area contributed by atoms with E-state index in [2.05, 4.69) is 187 Å². The number of pyridine rings is 3. The molecule has 15 heterocycles. The molecule has 0 spiro atoms. The maximum Gasteiger partial charge on any atom is 2.00 e. The molecule has 21 nitrogen and oxygen atoms in total. The molecule has 15 aromatic heterocycles. The fourth-order valence-electron chi connectivity index (χ4n) is 16.9. The number of rotatable bonds is 15. The van der Waals surface area contributed by atoms with Crippen LogP contribution in [0.2, 0.25) is 0 Å². The summed E-state index contributed by atoms with van der Waals surface area (Å²) in [6.07, 6.45) is 24.7. The first-order chi connectivity index (χ1) is 65.4. The van der Waals surface area contributed by atoms with Crippen LogP contribution in [0, 0.1) is 36.4 Å². The van der Waals surface area contributed by atoms with Crippen LogP contribution in [0.3, 0.4) is 0 Å². The van der Waals surface area contributed by atoms with E-state index in [1.165, 1.54) is 0 Å². The average molecular weight is 2340 g/mol. The predicted molar refractivity (Wildman–Crippen MR) is 514 cm³/mol. The van der Waals surface area contributed by atoms with Gasteiger partial charge >= 0.3 is 63.2 Å². The van der Waals surface area contributed by atoms with E-state index in [1.807, 2.05) is 158 Å². The SMILES string of the molecule is [Pt+2].[Pt+2].[Pt+2].[c-]1c(-c2ccc(-c3ncco3)cn2)cccc1-n1c2[c-]c(-c3nc4ccccc4s3)ccc2c2cc(-c3ncco3)ccc21.[c-]1c(-c2ccccn2)ccc(-c2ncco2)c1-n1c2[c-]c(-c3nc4ccccc4s3)ccc2c2cc(-c3ncco3)ccc21.[c-]1c(-c2ccccn2)cccc1-n1c2[c-]c(-c3nc4ccccc4s3)c(-c3ncco3)cc2c2cc(-c3ncco3)ccc21. The molecule has 0 amide bonds. The van der Waals surface area contributed by atoms with Crippen molar-refractivity contribution < 1.29 is 89.7 Å². The molecule has 0 N–H and O–H groups in total. The van der Waals surface area contributed by atoms with Crippen LogP contribution in [-0.2, 0) is 63.2 Å². The predicted octanol–water partition coefficient (Wildman–Crippen LogP) is 27.1. The number of fused-ring (bicyclic) bond motifs is 12. The Hall–Kier alpha value is -15.5. The van der Waals surface area contributed by atoms with Crippen LogP contribution in [0.4, 0.5) is 0 Å². The van der Waals surface area contributed by atoms with Crippen molar-refractivity contribution in [2.75, 3.05) is 0 Å². The summed E-state index contributed by atoms with van der Waals surface area (Å²) in [5.74, 6) is 3.24. The monoisotopic (exact) mass is 2340 g/mol. The number of para-hydroxylation sites is 3. The van der Waals surface area contributed by atoms with Crippen LogP contribution in [0.5, 0.6) is 0 Å². The molecule has 27 rings (SSSR count). The van der Waals surface area contributed by atoms with Gasteiger partial charge in [-0.05, 0) is 181 Å². The summed E-state index contributed by atoms with van der Waals surface area (Å²) in [7, 11) is 0. The Morgan fingerprint density at radius 2 is 0.644 bits per heavy atom. The molecule has 27 aromatic rings. The minimum atomic E-state index is 0. The molecule has 0 saturated carbocycles. The maximum atomic E-state index is 5.86. The van der Waals surface area contributed by atoms with Crippen LogP contribution < -0.4 is 0 Å². The topological polar surface area (TPSA) is 248 Å². The fourth-order valence-corrected chi connectivity index (χ4v) is 19.8. The van der Waals surface area contributed by atoms with Gasteiger partial charge in [0, 0.05) is 81.0 Å². The second-order valence-electron chi connectivity index (χ2n) is 30.7. The van der Waals surface area contributed by atoms with E-state index in [0.29, 0.717) is 35.3 Å². The minimum Gasteiger partial charge on any atom is -0.453 e. The molecule has 0 fully saturated rings. The van der Waals surface area contributed by atoms with Gasteiger partial charge in [0.1, 0.15) is 37.6 Å². The summed E-state index contributed by atoms with van der Waals surface area (Å²) in [6, 6.07) is 108. The Kier molecular flexibility index (Phi) is 22.8. The van der Waals surface area contributed by atoms with Crippen molar-refractivity contribution in [1.82, 2.24) is 73.5 Å². The van der Waals surface area contributed by atoms with Gasteiger partial charge in [-0.3, -0.25) is 15.0 Å². The number of nitrogens with zero attached hydrogens (tertiary/aromatic N) is 15. The third-order valence-electron chi connectivity index (χ3n) is 22.9. The molecule has 12 aromatic carbocycles. The number of hydrogen-bond acceptors (Lipinski definition) is 21. The number of aromatic nitrogens is 15. The van der Waals surface area contributed by atoms with E-state index < -0.39 is 0 Å². The van der Waals surface area contributed by atoms with Gasteiger partial charge in [-0.2, -0.15) is 34.0 Å². The summed E-state index contributed by atoms with van der Waals surface area (Å²) in [4.78, 5) is 55.1. The Labute approximate surface area is 821 Å². The molecule has 648 valence electrons. The molecule has 0 atom stereocenters. The smallest absolute Gasteiger partial charge is 0.453 e. The molecule has 135 heavy (non-hydrogen) atoms. The zero-order valence-electron chi connectivity index (χ0n) is 69.7. The first kappa shape index (κ1) is 85.0. The summed E-state index contributed by atoms with van der Waals surface area (Å²) < 4.78 is 44.0. The van der Waals surface area contributed by atoms with E-state index in [0.717, 1.165) is 212 Å². The molecule has 27 heteroatoms. The van der Waals surface area contributed by atoms with E-state index in [4.69, 9.17) is 46.4 Å². The van der Waals surface area contributed by atoms with Crippen LogP contribution in [0.1, 0.15) is 0 Å². The largest absolute Gasteiger partial charge is 2.00 e. The Balaban J connectivity index is 0.000000116. The molecule has 0 aliphatic heterocycles. The number of benzene rings is 12. The van der Waals surface area contributed by atoms with Crippen LogP contribution in [-0.4, -0.2) is 73.5 Å². The molecule has 0 aliphatic rings. The summed E-state index contributed by atoms with van der Waals surface area (Å²) >= 11 is 4.95. The molecule has 0 aliphatic carbocycles. The quantitative estimate of drug-likeness (QED) is 0.0865. The van der Waals surface area contributed by atoms with Crippen LogP contribution in [0.15, 0.2) is 375 Å². The van der Waals surface area contributed by atoms with E-state index in [1.54, 1.807) is 127 Å². The molecule has 0 bridgehead atoms. The standard InChI is InChI=1S/3C36H19N5O2S.3Pt/c1-2-10-33-30(9-1)40-36(44-33)28-21-32-26(20-27(28)35-39-15-17-43-35)25-19-23(34-38-14-16-42-34)11-12-31(25)41(32)24-7-5-6-22(18-24)29-8-3-4-13-37-29;1-2-7-33-29(6-1)40-36(44-33)24-9-11-25-27-19-23(34-38-15-17-42-34)10-13-30(27)41(31(25)21-24)32-20-22(28-5-3-4-14-37-28)8-12-26(32)35-39-16-18-43-35;1-2-7-33-30(6-1)40-36(44-33)24-8-11-27-28-19-23(34-37-14-16-42-34)10-13-31(28)41(32(27)20-24)26-5-3-4-22(18-26)29-12-9-25(21-39-29)35-38-15-17-43-35;;;/h1-17,19-20H;1-19H;1-17,19,21H;;;/q3*-2;3*+2. The number of oxazole rings is 6. The Morgan fingerprint density at radius 3 is 1.10 bits per heavy atom. The Bertz CT molecular complexity index is 8900. The molecule has 0 radical (unpaired) electrons. The van der Waals surface area contributed by atoms with Crippen LogP contribution in [0.25, 0.3) is 247 Å². The summed E-state index contributed by atoms with van der Waals surface area (Å²) in [5, 5.41) is 8.83. The van der Waals surface area contributed by atoms with Crippen LogP contribution >= 0.6 is 34.0 Å². The number of hydrogen-bond donors (Lipinski definition) is 0. The third kappa shape index (κ3) is 15.8. The van der Waals surface area contributed by atoms with Gasteiger partial charge in [0.2, 0.25) is 23.6 Å². The van der Waals surface area contributed by atoms with E-state index in [-0.39, 0.29) is 63.2 Å². The van der Waals surface area contributed by atoms with Gasteiger partial charge in [0.05, 0.1) is 59.3 Å². The van der Waals surface area contributed by atoms with E-state index >= 15 is 0 Å². The van der Waals surface area contributed by atoms with Crippen molar-refractivity contribution in [3.05, 3.63) is 385 Å². The normalized spacial score (nSPS) is 11.4.